The van der Waals surface area contributed by atoms with Crippen LogP contribution in [-0.4, -0.2) is 19.2 Å². The molecule has 2 aliphatic rings. The van der Waals surface area contributed by atoms with Crippen LogP contribution < -0.4 is 15.4 Å². The zero-order valence-corrected chi connectivity index (χ0v) is 11.8. The predicted octanol–water partition coefficient (Wildman–Crippen LogP) is 3.44. The molecule has 1 saturated carbocycles. The molecule has 104 valence electrons. The molecule has 1 aromatic carbocycles. The number of fused-ring (bicyclic) bond motifs is 1. The lowest BCUT2D eigenvalue weighted by molar-refractivity contribution is 0.340. The smallest absolute Gasteiger partial charge is 0.144 e. The highest BCUT2D eigenvalue weighted by molar-refractivity contribution is 5.63. The maximum absolute atomic E-state index is 5.97. The molecular weight excluding hydrogens is 236 g/mol. The normalized spacial score (nSPS) is 26.3. The topological polar surface area (TPSA) is 38.5 Å². The van der Waals surface area contributed by atoms with E-state index >= 15 is 0 Å². The average molecular weight is 260 g/mol. The fraction of sp³-hybridized carbons (Fsp3) is 0.625. The van der Waals surface area contributed by atoms with Gasteiger partial charge in [0.05, 0.1) is 12.3 Å². The number of benzene rings is 1. The molecule has 19 heavy (non-hydrogen) atoms. The molecule has 0 amide bonds. The quantitative estimate of drug-likeness (QED) is 0.846. The molecular formula is C16H24N2O. The summed E-state index contributed by atoms with van der Waals surface area (Å²) in [6.45, 7) is 3.84. The standard InChI is InChI=1S/C16H24N2O/c1-2-19-16-11-13(8-9-14(16)17)18-10-4-6-12-5-3-7-15(12)18/h8-9,11-12,15H,2-7,10,17H2,1H3. The maximum Gasteiger partial charge on any atom is 0.144 e. The number of hydrogen-bond donors (Lipinski definition) is 1. The summed E-state index contributed by atoms with van der Waals surface area (Å²) in [6, 6.07) is 7.00. The summed E-state index contributed by atoms with van der Waals surface area (Å²) < 4.78 is 5.63. The van der Waals surface area contributed by atoms with Crippen molar-refractivity contribution in [1.82, 2.24) is 0 Å². The van der Waals surface area contributed by atoms with Crippen molar-refractivity contribution in [2.45, 2.75) is 45.1 Å². The van der Waals surface area contributed by atoms with Crippen LogP contribution in [0.1, 0.15) is 39.0 Å². The third-order valence-electron chi connectivity index (χ3n) is 4.62. The first-order chi connectivity index (χ1) is 9.29. The Kier molecular flexibility index (Phi) is 3.54. The molecule has 3 nitrogen and oxygen atoms in total. The molecule has 0 bridgehead atoms. The highest BCUT2D eigenvalue weighted by Gasteiger charge is 2.35. The van der Waals surface area contributed by atoms with Crippen LogP contribution >= 0.6 is 0 Å². The molecule has 2 unspecified atom stereocenters. The van der Waals surface area contributed by atoms with Crippen molar-refractivity contribution >= 4 is 11.4 Å². The number of piperidine rings is 1. The van der Waals surface area contributed by atoms with Crippen LogP contribution in [0.15, 0.2) is 18.2 Å². The predicted molar refractivity (Wildman–Crippen MR) is 79.7 cm³/mol. The van der Waals surface area contributed by atoms with Gasteiger partial charge in [-0.05, 0) is 50.7 Å². The summed E-state index contributed by atoms with van der Waals surface area (Å²) in [5.74, 6) is 1.74. The van der Waals surface area contributed by atoms with E-state index in [1.807, 2.05) is 13.0 Å². The minimum atomic E-state index is 0.666. The summed E-state index contributed by atoms with van der Waals surface area (Å²) in [4.78, 5) is 2.59. The Morgan fingerprint density at radius 3 is 2.95 bits per heavy atom. The van der Waals surface area contributed by atoms with Crippen molar-refractivity contribution in [3.05, 3.63) is 18.2 Å². The van der Waals surface area contributed by atoms with Gasteiger partial charge in [0, 0.05) is 24.3 Å². The van der Waals surface area contributed by atoms with Gasteiger partial charge in [-0.3, -0.25) is 0 Å². The van der Waals surface area contributed by atoms with E-state index in [4.69, 9.17) is 10.5 Å². The van der Waals surface area contributed by atoms with Crippen molar-refractivity contribution in [1.29, 1.82) is 0 Å². The molecule has 1 aliphatic heterocycles. The van der Waals surface area contributed by atoms with Crippen LogP contribution in [0.4, 0.5) is 11.4 Å². The third kappa shape index (κ3) is 2.38. The zero-order chi connectivity index (χ0) is 13.2. The van der Waals surface area contributed by atoms with Gasteiger partial charge in [0.15, 0.2) is 0 Å². The lowest BCUT2D eigenvalue weighted by Gasteiger charge is -2.39. The number of hydrogen-bond acceptors (Lipinski definition) is 3. The summed E-state index contributed by atoms with van der Waals surface area (Å²) in [5.41, 5.74) is 8.00. The van der Waals surface area contributed by atoms with Gasteiger partial charge < -0.3 is 15.4 Å². The molecule has 1 aliphatic carbocycles. The molecule has 2 N–H and O–H groups in total. The highest BCUT2D eigenvalue weighted by atomic mass is 16.5. The van der Waals surface area contributed by atoms with Gasteiger partial charge in [-0.25, -0.2) is 0 Å². The van der Waals surface area contributed by atoms with Gasteiger partial charge in [0.2, 0.25) is 0 Å². The SMILES string of the molecule is CCOc1cc(N2CCCC3CCCC32)ccc1N. The molecule has 3 rings (SSSR count). The first-order valence-electron chi connectivity index (χ1n) is 7.58. The van der Waals surface area contributed by atoms with Gasteiger partial charge in [-0.1, -0.05) is 6.42 Å². The van der Waals surface area contributed by atoms with E-state index in [2.05, 4.69) is 17.0 Å². The van der Waals surface area contributed by atoms with Gasteiger partial charge in [0.25, 0.3) is 0 Å². The lowest BCUT2D eigenvalue weighted by atomic mass is 9.91. The first kappa shape index (κ1) is 12.6. The van der Waals surface area contributed by atoms with Crippen molar-refractivity contribution in [2.75, 3.05) is 23.8 Å². The summed E-state index contributed by atoms with van der Waals surface area (Å²) in [5, 5.41) is 0. The molecule has 1 heterocycles. The second kappa shape index (κ2) is 5.32. The van der Waals surface area contributed by atoms with Crippen LogP contribution in [0.3, 0.4) is 0 Å². The minimum Gasteiger partial charge on any atom is -0.492 e. The summed E-state index contributed by atoms with van der Waals surface area (Å²) in [6.07, 6.45) is 6.87. The highest BCUT2D eigenvalue weighted by Crippen LogP contribution is 2.40. The van der Waals surface area contributed by atoms with E-state index in [0.29, 0.717) is 6.61 Å². The number of rotatable bonds is 3. The van der Waals surface area contributed by atoms with Crippen LogP contribution in [0.2, 0.25) is 0 Å². The molecule has 2 fully saturated rings. The van der Waals surface area contributed by atoms with E-state index in [1.54, 1.807) is 0 Å². The summed E-state index contributed by atoms with van der Waals surface area (Å²) >= 11 is 0. The Morgan fingerprint density at radius 1 is 1.26 bits per heavy atom. The van der Waals surface area contributed by atoms with Gasteiger partial charge in [-0.2, -0.15) is 0 Å². The molecule has 0 aromatic heterocycles. The monoisotopic (exact) mass is 260 g/mol. The Balaban J connectivity index is 1.86. The summed E-state index contributed by atoms with van der Waals surface area (Å²) in [7, 11) is 0. The average Bonchev–Trinajstić information content (AvgIpc) is 2.90. The number of anilines is 2. The first-order valence-corrected chi connectivity index (χ1v) is 7.58. The fourth-order valence-electron chi connectivity index (χ4n) is 3.76. The Bertz CT molecular complexity index is 446. The fourth-order valence-corrected chi connectivity index (χ4v) is 3.76. The van der Waals surface area contributed by atoms with Crippen molar-refractivity contribution in [3.63, 3.8) is 0 Å². The molecule has 1 aromatic rings. The second-order valence-corrected chi connectivity index (χ2v) is 5.75. The van der Waals surface area contributed by atoms with E-state index in [9.17, 15) is 0 Å². The van der Waals surface area contributed by atoms with Crippen molar-refractivity contribution < 1.29 is 4.74 Å². The zero-order valence-electron chi connectivity index (χ0n) is 11.8. The third-order valence-corrected chi connectivity index (χ3v) is 4.62. The number of nitrogen functional groups attached to an aromatic ring is 1. The number of nitrogens with two attached hydrogens (primary N) is 1. The van der Waals surface area contributed by atoms with Crippen molar-refractivity contribution in [2.24, 2.45) is 5.92 Å². The second-order valence-electron chi connectivity index (χ2n) is 5.75. The van der Waals surface area contributed by atoms with Gasteiger partial charge in [0.1, 0.15) is 5.75 Å². The largest absolute Gasteiger partial charge is 0.492 e. The maximum atomic E-state index is 5.97. The van der Waals surface area contributed by atoms with Gasteiger partial charge >= 0.3 is 0 Å². The van der Waals surface area contributed by atoms with E-state index in [-0.39, 0.29) is 0 Å². The Labute approximate surface area is 115 Å². The molecule has 0 spiro atoms. The minimum absolute atomic E-state index is 0.666. The molecule has 3 heteroatoms. The van der Waals surface area contributed by atoms with Crippen LogP contribution in [0.25, 0.3) is 0 Å². The Morgan fingerprint density at radius 2 is 2.11 bits per heavy atom. The Hall–Kier alpha value is -1.38. The lowest BCUT2D eigenvalue weighted by Crippen LogP contribution is -2.42. The number of nitrogens with zero attached hydrogens (tertiary/aromatic N) is 1. The van der Waals surface area contributed by atoms with E-state index in [1.165, 1.54) is 44.3 Å². The van der Waals surface area contributed by atoms with Crippen LogP contribution in [0.5, 0.6) is 5.75 Å². The van der Waals surface area contributed by atoms with Crippen LogP contribution in [0, 0.1) is 5.92 Å². The molecule has 0 radical (unpaired) electrons. The molecule has 1 saturated heterocycles. The van der Waals surface area contributed by atoms with E-state index in [0.717, 1.165) is 23.4 Å². The van der Waals surface area contributed by atoms with Gasteiger partial charge in [-0.15, -0.1) is 0 Å². The van der Waals surface area contributed by atoms with Crippen molar-refractivity contribution in [3.8, 4) is 5.75 Å². The van der Waals surface area contributed by atoms with E-state index < -0.39 is 0 Å². The van der Waals surface area contributed by atoms with Crippen LogP contribution in [-0.2, 0) is 0 Å². The molecule has 2 atom stereocenters. The number of ether oxygens (including phenoxy) is 1.